The molecule has 0 spiro atoms. The van der Waals surface area contributed by atoms with Crippen molar-refractivity contribution in [1.29, 1.82) is 0 Å². The molecule has 2 heterocycles. The Morgan fingerprint density at radius 2 is 1.81 bits per heavy atom. The van der Waals surface area contributed by atoms with Crippen LogP contribution in [0.5, 0.6) is 0 Å². The van der Waals surface area contributed by atoms with Crippen LogP contribution < -0.4 is 21.5 Å². The minimum absolute atomic E-state index is 0.288. The quantitative estimate of drug-likeness (QED) is 0.484. The van der Waals surface area contributed by atoms with Gasteiger partial charge < -0.3 is 14.7 Å². The molecular weight excluding hydrogens is 274 g/mol. The van der Waals surface area contributed by atoms with Gasteiger partial charge in [-0.2, -0.15) is 19.9 Å². The monoisotopic (exact) mass is 293 g/mol. The van der Waals surface area contributed by atoms with Crippen molar-refractivity contribution >= 4 is 17.8 Å². The van der Waals surface area contributed by atoms with Crippen molar-refractivity contribution in [1.82, 2.24) is 25.1 Å². The van der Waals surface area contributed by atoms with Gasteiger partial charge in [-0.05, 0) is 20.8 Å². The number of nitrogens with zero attached hydrogens (tertiary/aromatic N) is 6. The first-order chi connectivity index (χ1) is 10.2. The Bertz CT molecular complexity index is 581. The Morgan fingerprint density at radius 1 is 1.10 bits per heavy atom. The Balaban J connectivity index is 2.16. The van der Waals surface area contributed by atoms with Crippen molar-refractivity contribution in [3.63, 3.8) is 0 Å². The zero-order chi connectivity index (χ0) is 15.2. The smallest absolute Gasteiger partial charge is 0.246 e. The summed E-state index contributed by atoms with van der Waals surface area (Å²) in [7, 11) is 0. The summed E-state index contributed by atoms with van der Waals surface area (Å²) in [5.74, 6) is 7.65. The molecule has 0 aliphatic carbocycles. The zero-order valence-electron chi connectivity index (χ0n) is 12.3. The summed E-state index contributed by atoms with van der Waals surface area (Å²) < 4.78 is 5.02. The van der Waals surface area contributed by atoms with E-state index >= 15 is 0 Å². The van der Waals surface area contributed by atoms with Crippen LogP contribution in [-0.4, -0.2) is 38.2 Å². The third-order valence-corrected chi connectivity index (χ3v) is 2.77. The average Bonchev–Trinajstić information content (AvgIpc) is 2.92. The first kappa shape index (κ1) is 14.9. The molecule has 0 saturated carbocycles. The van der Waals surface area contributed by atoms with Gasteiger partial charge in [0, 0.05) is 13.1 Å². The summed E-state index contributed by atoms with van der Waals surface area (Å²) in [5.41, 5.74) is 2.43. The number of nitrogen functional groups attached to an aromatic ring is 1. The van der Waals surface area contributed by atoms with Crippen LogP contribution in [0.2, 0.25) is 0 Å². The van der Waals surface area contributed by atoms with Crippen LogP contribution in [0.4, 0.5) is 17.8 Å². The lowest BCUT2D eigenvalue weighted by Gasteiger charge is -2.19. The first-order valence-corrected chi connectivity index (χ1v) is 6.67. The van der Waals surface area contributed by atoms with Gasteiger partial charge in [-0.1, -0.05) is 5.16 Å². The second-order valence-corrected chi connectivity index (χ2v) is 4.19. The summed E-state index contributed by atoms with van der Waals surface area (Å²) in [4.78, 5) is 18.8. The van der Waals surface area contributed by atoms with Crippen LogP contribution in [0, 0.1) is 6.92 Å². The summed E-state index contributed by atoms with van der Waals surface area (Å²) in [6.45, 7) is 7.70. The largest absolute Gasteiger partial charge is 0.345 e. The van der Waals surface area contributed by atoms with Crippen LogP contribution in [0.15, 0.2) is 4.52 Å². The molecule has 0 unspecified atom stereocenters. The lowest BCUT2D eigenvalue weighted by molar-refractivity contribution is 0.379. The molecule has 4 N–H and O–H groups in total. The third-order valence-electron chi connectivity index (χ3n) is 2.77. The van der Waals surface area contributed by atoms with Gasteiger partial charge in [0.15, 0.2) is 5.82 Å². The summed E-state index contributed by atoms with van der Waals surface area (Å²) >= 11 is 0. The number of hydrogen-bond acceptors (Lipinski definition) is 10. The Hall–Kier alpha value is -2.49. The molecule has 0 bridgehead atoms. The van der Waals surface area contributed by atoms with E-state index in [4.69, 9.17) is 10.4 Å². The standard InChI is InChI=1S/C11H19N9O/c1-4-20(5-2)11-16-9(15-10(17-11)18-12)13-6-8-14-7(3)19-21-8/h4-6,12H2,1-3H3,(H2,13,15,16,17,18). The molecule has 0 radical (unpaired) electrons. The molecule has 21 heavy (non-hydrogen) atoms. The molecular formula is C11H19N9O. The molecule has 2 aromatic heterocycles. The Kier molecular flexibility index (Phi) is 4.82. The molecule has 2 aromatic rings. The molecule has 10 nitrogen and oxygen atoms in total. The van der Waals surface area contributed by atoms with Crippen LogP contribution in [0.25, 0.3) is 0 Å². The van der Waals surface area contributed by atoms with E-state index in [-0.39, 0.29) is 5.95 Å². The van der Waals surface area contributed by atoms with Gasteiger partial charge >= 0.3 is 0 Å². The fraction of sp³-hybridized carbons (Fsp3) is 0.545. The highest BCUT2D eigenvalue weighted by Gasteiger charge is 2.11. The Labute approximate surface area is 122 Å². The van der Waals surface area contributed by atoms with E-state index in [0.717, 1.165) is 13.1 Å². The van der Waals surface area contributed by atoms with Crippen LogP contribution in [-0.2, 0) is 6.54 Å². The number of nitrogens with two attached hydrogens (primary N) is 1. The molecule has 2 rings (SSSR count). The van der Waals surface area contributed by atoms with E-state index in [9.17, 15) is 0 Å². The van der Waals surface area contributed by atoms with Crippen LogP contribution in [0.3, 0.4) is 0 Å². The highest BCUT2D eigenvalue weighted by atomic mass is 16.5. The topological polar surface area (TPSA) is 131 Å². The summed E-state index contributed by atoms with van der Waals surface area (Å²) in [6.07, 6.45) is 0. The molecule has 0 aromatic carbocycles. The van der Waals surface area contributed by atoms with E-state index in [0.29, 0.717) is 30.2 Å². The number of anilines is 3. The van der Waals surface area contributed by atoms with E-state index in [2.05, 4.69) is 35.8 Å². The maximum absolute atomic E-state index is 5.39. The average molecular weight is 293 g/mol. The van der Waals surface area contributed by atoms with Gasteiger partial charge in [0.25, 0.3) is 0 Å². The molecule has 10 heteroatoms. The van der Waals surface area contributed by atoms with E-state index in [1.165, 1.54) is 0 Å². The molecule has 0 amide bonds. The number of hydrogen-bond donors (Lipinski definition) is 3. The van der Waals surface area contributed by atoms with Gasteiger partial charge in [-0.3, -0.25) is 5.43 Å². The van der Waals surface area contributed by atoms with Crippen molar-refractivity contribution in [2.45, 2.75) is 27.3 Å². The van der Waals surface area contributed by atoms with Gasteiger partial charge in [0.1, 0.15) is 0 Å². The molecule has 0 aliphatic heterocycles. The fourth-order valence-corrected chi connectivity index (χ4v) is 1.72. The van der Waals surface area contributed by atoms with Gasteiger partial charge in [-0.25, -0.2) is 5.84 Å². The predicted octanol–water partition coefficient (Wildman–Crippen LogP) is 0.307. The highest BCUT2D eigenvalue weighted by Crippen LogP contribution is 2.13. The molecule has 0 atom stereocenters. The maximum Gasteiger partial charge on any atom is 0.246 e. The zero-order valence-corrected chi connectivity index (χ0v) is 12.3. The Morgan fingerprint density at radius 3 is 2.38 bits per heavy atom. The summed E-state index contributed by atoms with van der Waals surface area (Å²) in [5, 5.41) is 6.73. The highest BCUT2D eigenvalue weighted by molar-refractivity contribution is 5.43. The minimum Gasteiger partial charge on any atom is -0.345 e. The van der Waals surface area contributed by atoms with Crippen molar-refractivity contribution < 1.29 is 4.52 Å². The van der Waals surface area contributed by atoms with Crippen molar-refractivity contribution in [3.8, 4) is 0 Å². The number of rotatable bonds is 7. The molecule has 0 fully saturated rings. The molecule has 114 valence electrons. The number of aryl methyl sites for hydroxylation is 1. The molecule has 0 aliphatic rings. The van der Waals surface area contributed by atoms with Crippen molar-refractivity contribution in [2.24, 2.45) is 5.84 Å². The van der Waals surface area contributed by atoms with Gasteiger partial charge in [0.2, 0.25) is 23.7 Å². The third kappa shape index (κ3) is 3.75. The number of aromatic nitrogens is 5. The maximum atomic E-state index is 5.39. The van der Waals surface area contributed by atoms with E-state index < -0.39 is 0 Å². The number of nitrogens with one attached hydrogen (secondary N) is 2. The fourth-order valence-electron chi connectivity index (χ4n) is 1.72. The minimum atomic E-state index is 0.288. The van der Waals surface area contributed by atoms with Gasteiger partial charge in [-0.15, -0.1) is 0 Å². The lowest BCUT2D eigenvalue weighted by atomic mass is 10.5. The summed E-state index contributed by atoms with van der Waals surface area (Å²) in [6, 6.07) is 0. The number of hydrazine groups is 1. The predicted molar refractivity (Wildman–Crippen MR) is 77.6 cm³/mol. The normalized spacial score (nSPS) is 10.5. The second kappa shape index (κ2) is 6.79. The lowest BCUT2D eigenvalue weighted by Crippen LogP contribution is -2.26. The van der Waals surface area contributed by atoms with E-state index in [1.54, 1.807) is 6.92 Å². The SMILES string of the molecule is CCN(CC)c1nc(NN)nc(NCc2nc(C)no2)n1. The first-order valence-electron chi connectivity index (χ1n) is 6.67. The van der Waals surface area contributed by atoms with Crippen molar-refractivity contribution in [2.75, 3.05) is 28.7 Å². The molecule has 0 saturated heterocycles. The van der Waals surface area contributed by atoms with Crippen molar-refractivity contribution in [3.05, 3.63) is 11.7 Å². The van der Waals surface area contributed by atoms with Crippen LogP contribution >= 0.6 is 0 Å². The second-order valence-electron chi connectivity index (χ2n) is 4.19. The van der Waals surface area contributed by atoms with E-state index in [1.807, 2.05) is 18.7 Å². The van der Waals surface area contributed by atoms with Crippen LogP contribution in [0.1, 0.15) is 25.6 Å². The van der Waals surface area contributed by atoms with Gasteiger partial charge in [0.05, 0.1) is 6.54 Å².